The Balaban J connectivity index is 2.06. The molecule has 0 radical (unpaired) electrons. The first-order chi connectivity index (χ1) is 7.84. The van der Waals surface area contributed by atoms with Gasteiger partial charge < -0.3 is 9.84 Å². The largest absolute Gasteiger partial charge is 0.356 e. The Kier molecular flexibility index (Phi) is 2.42. The van der Waals surface area contributed by atoms with Gasteiger partial charge in [-0.3, -0.25) is 0 Å². The van der Waals surface area contributed by atoms with Crippen molar-refractivity contribution in [3.63, 3.8) is 0 Å². The Morgan fingerprint density at radius 2 is 2.06 bits per heavy atom. The van der Waals surface area contributed by atoms with Crippen molar-refractivity contribution in [1.82, 2.24) is 10.5 Å². The van der Waals surface area contributed by atoms with Crippen molar-refractivity contribution >= 4 is 11.6 Å². The van der Waals surface area contributed by atoms with Crippen LogP contribution >= 0.6 is 11.6 Å². The van der Waals surface area contributed by atoms with E-state index in [1.807, 2.05) is 24.3 Å². The van der Waals surface area contributed by atoms with Crippen molar-refractivity contribution in [3.05, 3.63) is 40.5 Å². The molecule has 0 atom stereocenters. The van der Waals surface area contributed by atoms with Crippen LogP contribution in [0.15, 0.2) is 28.8 Å². The highest BCUT2D eigenvalue weighted by Gasteiger charge is 2.19. The lowest BCUT2D eigenvalue weighted by atomic mass is 10.0. The van der Waals surface area contributed by atoms with Crippen LogP contribution in [0, 0.1) is 0 Å². The van der Waals surface area contributed by atoms with Crippen LogP contribution in [0.3, 0.4) is 0 Å². The predicted molar refractivity (Wildman–Crippen MR) is 62.4 cm³/mol. The molecule has 1 aliphatic rings. The van der Waals surface area contributed by atoms with Crippen molar-refractivity contribution in [1.29, 1.82) is 0 Å². The molecule has 82 valence electrons. The van der Waals surface area contributed by atoms with Gasteiger partial charge in [-0.15, -0.1) is 0 Å². The summed E-state index contributed by atoms with van der Waals surface area (Å²) in [7, 11) is 0. The van der Waals surface area contributed by atoms with E-state index in [-0.39, 0.29) is 0 Å². The van der Waals surface area contributed by atoms with Crippen LogP contribution in [0.1, 0.15) is 11.3 Å². The quantitative estimate of drug-likeness (QED) is 0.825. The number of fused-ring (bicyclic) bond motifs is 1. The number of nitrogens with one attached hydrogen (secondary N) is 1. The predicted octanol–water partition coefficient (Wildman–Crippen LogP) is 2.64. The van der Waals surface area contributed by atoms with Gasteiger partial charge in [0.1, 0.15) is 0 Å². The van der Waals surface area contributed by atoms with Crippen LogP contribution in [0.2, 0.25) is 5.02 Å². The molecular formula is C12H11ClN2O. The summed E-state index contributed by atoms with van der Waals surface area (Å²) in [6.07, 6.45) is 0.937. The fourth-order valence-corrected chi connectivity index (χ4v) is 2.10. The lowest BCUT2D eigenvalue weighted by Crippen LogP contribution is -2.23. The summed E-state index contributed by atoms with van der Waals surface area (Å²) in [6, 6.07) is 7.64. The van der Waals surface area contributed by atoms with Gasteiger partial charge in [-0.2, -0.15) is 0 Å². The zero-order valence-corrected chi connectivity index (χ0v) is 9.42. The van der Waals surface area contributed by atoms with E-state index in [1.165, 1.54) is 5.56 Å². The second-order valence-electron chi connectivity index (χ2n) is 3.87. The summed E-state index contributed by atoms with van der Waals surface area (Å²) in [4.78, 5) is 0. The van der Waals surface area contributed by atoms with Crippen LogP contribution in [0.4, 0.5) is 0 Å². The first-order valence-electron chi connectivity index (χ1n) is 5.28. The van der Waals surface area contributed by atoms with E-state index in [2.05, 4.69) is 10.5 Å². The van der Waals surface area contributed by atoms with Crippen molar-refractivity contribution < 1.29 is 4.52 Å². The average molecular weight is 235 g/mol. The smallest absolute Gasteiger partial charge is 0.171 e. The number of rotatable bonds is 1. The van der Waals surface area contributed by atoms with Gasteiger partial charge in [-0.05, 0) is 24.3 Å². The number of hydrogen-bond acceptors (Lipinski definition) is 3. The van der Waals surface area contributed by atoms with Crippen molar-refractivity contribution in [3.8, 4) is 11.3 Å². The molecule has 0 aliphatic carbocycles. The summed E-state index contributed by atoms with van der Waals surface area (Å²) >= 11 is 5.86. The molecule has 0 bridgehead atoms. The van der Waals surface area contributed by atoms with E-state index >= 15 is 0 Å². The molecule has 16 heavy (non-hydrogen) atoms. The maximum Gasteiger partial charge on any atom is 0.171 e. The molecule has 0 saturated carbocycles. The highest BCUT2D eigenvalue weighted by Crippen LogP contribution is 2.28. The number of hydrogen-bond donors (Lipinski definition) is 1. The topological polar surface area (TPSA) is 38.1 Å². The lowest BCUT2D eigenvalue weighted by Gasteiger charge is -2.11. The summed E-state index contributed by atoms with van der Waals surface area (Å²) in [5.74, 6) is 0.860. The summed E-state index contributed by atoms with van der Waals surface area (Å²) in [5, 5.41) is 8.16. The monoisotopic (exact) mass is 234 g/mol. The Morgan fingerprint density at radius 3 is 2.88 bits per heavy atom. The average Bonchev–Trinajstić information content (AvgIpc) is 2.74. The van der Waals surface area contributed by atoms with Crippen molar-refractivity contribution in [2.75, 3.05) is 6.54 Å². The minimum absolute atomic E-state index is 0.732. The standard InChI is InChI=1S/C12H11ClN2O/c13-9-3-1-8(2-4-9)12-10-7-14-6-5-11(10)15-16-12/h1-4,14H,5-7H2. The number of aromatic nitrogens is 1. The fourth-order valence-electron chi connectivity index (χ4n) is 1.97. The first kappa shape index (κ1) is 9.87. The highest BCUT2D eigenvalue weighted by atomic mass is 35.5. The zero-order chi connectivity index (χ0) is 11.0. The van der Waals surface area contributed by atoms with Crippen LogP contribution in [0.25, 0.3) is 11.3 Å². The fraction of sp³-hybridized carbons (Fsp3) is 0.250. The summed E-state index contributed by atoms with van der Waals surface area (Å²) in [5.41, 5.74) is 3.28. The minimum atomic E-state index is 0.732. The molecule has 3 rings (SSSR count). The van der Waals surface area contributed by atoms with Crippen LogP contribution in [-0.2, 0) is 13.0 Å². The Labute approximate surface area is 98.4 Å². The zero-order valence-electron chi connectivity index (χ0n) is 8.66. The summed E-state index contributed by atoms with van der Waals surface area (Å²) < 4.78 is 5.41. The molecule has 1 aromatic heterocycles. The van der Waals surface area contributed by atoms with Crippen molar-refractivity contribution in [2.24, 2.45) is 0 Å². The SMILES string of the molecule is Clc1ccc(-c2onc3c2CNCC3)cc1. The van der Waals surface area contributed by atoms with Gasteiger partial charge in [-0.1, -0.05) is 16.8 Å². The molecule has 1 aliphatic heterocycles. The van der Waals surface area contributed by atoms with E-state index < -0.39 is 0 Å². The Bertz CT molecular complexity index is 504. The van der Waals surface area contributed by atoms with Gasteiger partial charge in [0.15, 0.2) is 5.76 Å². The molecule has 3 nitrogen and oxygen atoms in total. The molecule has 0 fully saturated rings. The Morgan fingerprint density at radius 1 is 1.25 bits per heavy atom. The minimum Gasteiger partial charge on any atom is -0.356 e. The third kappa shape index (κ3) is 1.62. The molecule has 0 unspecified atom stereocenters. The molecule has 2 aromatic rings. The molecule has 0 amide bonds. The molecule has 0 saturated heterocycles. The second kappa shape index (κ2) is 3.92. The third-order valence-electron chi connectivity index (χ3n) is 2.82. The van der Waals surface area contributed by atoms with Gasteiger partial charge >= 0.3 is 0 Å². The molecule has 0 spiro atoms. The maximum atomic E-state index is 5.86. The second-order valence-corrected chi connectivity index (χ2v) is 4.31. The number of benzene rings is 1. The lowest BCUT2D eigenvalue weighted by molar-refractivity contribution is 0.423. The van der Waals surface area contributed by atoms with Gasteiger partial charge in [0.25, 0.3) is 0 Å². The van der Waals surface area contributed by atoms with Crippen LogP contribution in [0.5, 0.6) is 0 Å². The third-order valence-corrected chi connectivity index (χ3v) is 3.07. The van der Waals surface area contributed by atoms with Gasteiger partial charge in [-0.25, -0.2) is 0 Å². The van der Waals surface area contributed by atoms with E-state index in [4.69, 9.17) is 16.1 Å². The molecule has 2 heterocycles. The van der Waals surface area contributed by atoms with Crippen molar-refractivity contribution in [2.45, 2.75) is 13.0 Å². The van der Waals surface area contributed by atoms with Gasteiger partial charge in [0.05, 0.1) is 5.69 Å². The van der Waals surface area contributed by atoms with Crippen LogP contribution in [-0.4, -0.2) is 11.7 Å². The van der Waals surface area contributed by atoms with E-state index in [0.29, 0.717) is 0 Å². The van der Waals surface area contributed by atoms with E-state index in [9.17, 15) is 0 Å². The molecule has 1 aromatic carbocycles. The van der Waals surface area contributed by atoms with Crippen LogP contribution < -0.4 is 5.32 Å². The van der Waals surface area contributed by atoms with Gasteiger partial charge in [0.2, 0.25) is 0 Å². The number of nitrogens with zero attached hydrogens (tertiary/aromatic N) is 1. The van der Waals surface area contributed by atoms with Gasteiger partial charge in [0, 0.05) is 35.7 Å². The molecular weight excluding hydrogens is 224 g/mol. The Hall–Kier alpha value is -1.32. The first-order valence-corrected chi connectivity index (χ1v) is 5.66. The normalized spacial score (nSPS) is 14.8. The number of halogens is 1. The maximum absolute atomic E-state index is 5.86. The van der Waals surface area contributed by atoms with E-state index in [0.717, 1.165) is 41.6 Å². The molecule has 4 heteroatoms. The highest BCUT2D eigenvalue weighted by molar-refractivity contribution is 6.30. The summed E-state index contributed by atoms with van der Waals surface area (Å²) in [6.45, 7) is 1.80. The molecule has 1 N–H and O–H groups in total. The van der Waals surface area contributed by atoms with E-state index in [1.54, 1.807) is 0 Å².